The zero-order chi connectivity index (χ0) is 21.0. The van der Waals surface area contributed by atoms with Gasteiger partial charge in [-0.05, 0) is 42.8 Å². The van der Waals surface area contributed by atoms with Gasteiger partial charge >= 0.3 is 6.03 Å². The minimum atomic E-state index is -1.20. The predicted octanol–water partition coefficient (Wildman–Crippen LogP) is 3.07. The van der Waals surface area contributed by atoms with Gasteiger partial charge in [-0.25, -0.2) is 4.79 Å². The Balaban J connectivity index is 1.45. The second kappa shape index (κ2) is 6.60. The first-order chi connectivity index (χ1) is 14.3. The average Bonchev–Trinajstić information content (AvgIpc) is 3.23. The van der Waals surface area contributed by atoms with Crippen LogP contribution in [0.1, 0.15) is 34.1 Å². The van der Waals surface area contributed by atoms with Gasteiger partial charge in [-0.2, -0.15) is 0 Å². The summed E-state index contributed by atoms with van der Waals surface area (Å²) in [6.45, 7) is 2.69. The van der Waals surface area contributed by atoms with E-state index in [1.54, 1.807) is 36.1 Å². The summed E-state index contributed by atoms with van der Waals surface area (Å²) in [5.41, 5.74) is 3.06. The Labute approximate surface area is 177 Å². The summed E-state index contributed by atoms with van der Waals surface area (Å²) in [6, 6.07) is 12.0. The fourth-order valence-corrected chi connectivity index (χ4v) is 4.42. The van der Waals surface area contributed by atoms with Crippen molar-refractivity contribution in [3.05, 3.63) is 69.9 Å². The minimum Gasteiger partial charge on any atom is -0.358 e. The van der Waals surface area contributed by atoms with Gasteiger partial charge in [0.15, 0.2) is 0 Å². The SMILES string of the molecule is C[C@]1(c2cccc(C(=O)N3CCc4[nH]c5ccc(Cl)cc5c4C3)c2)NC(=O)NC1=O. The van der Waals surface area contributed by atoms with E-state index < -0.39 is 17.5 Å². The molecule has 2 aromatic carbocycles. The number of amides is 4. The van der Waals surface area contributed by atoms with Gasteiger partial charge in [-0.1, -0.05) is 23.7 Å². The maximum atomic E-state index is 13.3. The molecular formula is C22H19ClN4O3. The number of carbonyl (C=O) groups is 3. The van der Waals surface area contributed by atoms with E-state index in [0.717, 1.165) is 28.6 Å². The molecule has 4 amide bonds. The monoisotopic (exact) mass is 422 g/mol. The van der Waals surface area contributed by atoms with E-state index in [4.69, 9.17) is 11.6 Å². The molecule has 0 radical (unpaired) electrons. The highest BCUT2D eigenvalue weighted by Gasteiger charge is 2.43. The van der Waals surface area contributed by atoms with Crippen LogP contribution in [-0.2, 0) is 23.3 Å². The van der Waals surface area contributed by atoms with Crippen LogP contribution >= 0.6 is 11.6 Å². The number of halogens is 1. The Kier molecular flexibility index (Phi) is 4.11. The predicted molar refractivity (Wildman–Crippen MR) is 112 cm³/mol. The molecule has 8 heteroatoms. The van der Waals surface area contributed by atoms with Crippen LogP contribution in [0.2, 0.25) is 5.02 Å². The van der Waals surface area contributed by atoms with Crippen LogP contribution < -0.4 is 10.6 Å². The van der Waals surface area contributed by atoms with Gasteiger partial charge in [0.2, 0.25) is 0 Å². The van der Waals surface area contributed by atoms with Crippen molar-refractivity contribution in [3.8, 4) is 0 Å². The summed E-state index contributed by atoms with van der Waals surface area (Å²) in [5, 5.41) is 6.57. The second-order valence-corrected chi connectivity index (χ2v) is 8.30. The standard InChI is InChI=1S/C22H19ClN4O3/c1-22(20(29)25-21(30)26-22)13-4-2-3-12(9-13)19(28)27-8-7-18-16(11-27)15-10-14(23)5-6-17(15)24-18/h2-6,9-10,24H,7-8,11H2,1H3,(H2,25,26,29,30)/t22-/m1/s1. The quantitative estimate of drug-likeness (QED) is 0.554. The largest absolute Gasteiger partial charge is 0.358 e. The van der Waals surface area contributed by atoms with E-state index in [-0.39, 0.29) is 5.91 Å². The number of carbonyl (C=O) groups excluding carboxylic acids is 3. The molecule has 0 spiro atoms. The van der Waals surface area contributed by atoms with Crippen molar-refractivity contribution in [2.75, 3.05) is 6.54 Å². The zero-order valence-electron chi connectivity index (χ0n) is 16.2. The van der Waals surface area contributed by atoms with Crippen LogP contribution in [-0.4, -0.2) is 34.3 Å². The molecule has 7 nitrogen and oxygen atoms in total. The molecule has 0 saturated carbocycles. The summed E-state index contributed by atoms with van der Waals surface area (Å²) in [7, 11) is 0. The number of aromatic amines is 1. The third-order valence-corrected chi connectivity index (χ3v) is 6.19. The van der Waals surface area contributed by atoms with Crippen molar-refractivity contribution in [2.24, 2.45) is 0 Å². The molecule has 0 aliphatic carbocycles. The number of rotatable bonds is 2. The third kappa shape index (κ3) is 2.85. The van der Waals surface area contributed by atoms with Crippen LogP contribution in [0.25, 0.3) is 10.9 Å². The Bertz CT molecular complexity index is 1230. The molecule has 1 saturated heterocycles. The van der Waals surface area contributed by atoms with Gasteiger partial charge < -0.3 is 15.2 Å². The van der Waals surface area contributed by atoms with E-state index in [0.29, 0.717) is 29.2 Å². The molecule has 5 rings (SSSR count). The molecule has 152 valence electrons. The van der Waals surface area contributed by atoms with Gasteiger partial charge in [0.1, 0.15) is 5.54 Å². The molecule has 0 unspecified atom stereocenters. The highest BCUT2D eigenvalue weighted by atomic mass is 35.5. The Hall–Kier alpha value is -3.32. The molecule has 3 aromatic rings. The number of nitrogens with one attached hydrogen (secondary N) is 3. The molecule has 2 aliphatic heterocycles. The first-order valence-electron chi connectivity index (χ1n) is 9.67. The van der Waals surface area contributed by atoms with Gasteiger partial charge in [0.25, 0.3) is 11.8 Å². The lowest BCUT2D eigenvalue weighted by Gasteiger charge is -2.28. The van der Waals surface area contributed by atoms with Gasteiger partial charge in [0, 0.05) is 52.3 Å². The fraction of sp³-hybridized carbons (Fsp3) is 0.227. The number of imide groups is 1. The Morgan fingerprint density at radius 3 is 2.77 bits per heavy atom. The Morgan fingerprint density at radius 2 is 2.00 bits per heavy atom. The highest BCUT2D eigenvalue weighted by molar-refractivity contribution is 6.31. The van der Waals surface area contributed by atoms with Crippen LogP contribution in [0.15, 0.2) is 42.5 Å². The van der Waals surface area contributed by atoms with E-state index in [9.17, 15) is 14.4 Å². The summed E-state index contributed by atoms with van der Waals surface area (Å²) < 4.78 is 0. The van der Waals surface area contributed by atoms with E-state index in [1.165, 1.54) is 0 Å². The fourth-order valence-electron chi connectivity index (χ4n) is 4.25. The molecule has 2 aliphatic rings. The molecule has 0 bridgehead atoms. The van der Waals surface area contributed by atoms with E-state index >= 15 is 0 Å². The van der Waals surface area contributed by atoms with E-state index in [2.05, 4.69) is 15.6 Å². The van der Waals surface area contributed by atoms with Crippen LogP contribution in [0.3, 0.4) is 0 Å². The smallest absolute Gasteiger partial charge is 0.322 e. The minimum absolute atomic E-state index is 0.118. The topological polar surface area (TPSA) is 94.3 Å². The zero-order valence-corrected chi connectivity index (χ0v) is 17.0. The maximum Gasteiger partial charge on any atom is 0.322 e. The molecule has 1 aromatic heterocycles. The van der Waals surface area contributed by atoms with Gasteiger partial charge in [-0.3, -0.25) is 14.9 Å². The third-order valence-electron chi connectivity index (χ3n) is 5.96. The summed E-state index contributed by atoms with van der Waals surface area (Å²) in [6.07, 6.45) is 0.725. The lowest BCUT2D eigenvalue weighted by molar-refractivity contribution is -0.123. The van der Waals surface area contributed by atoms with Crippen LogP contribution in [0, 0.1) is 0 Å². The number of nitrogens with zero attached hydrogens (tertiary/aromatic N) is 1. The number of urea groups is 1. The van der Waals surface area contributed by atoms with Crippen molar-refractivity contribution in [1.82, 2.24) is 20.5 Å². The first-order valence-corrected chi connectivity index (χ1v) is 10.1. The van der Waals surface area contributed by atoms with Crippen LogP contribution in [0.5, 0.6) is 0 Å². The number of aromatic nitrogens is 1. The highest BCUT2D eigenvalue weighted by Crippen LogP contribution is 2.31. The Morgan fingerprint density at radius 1 is 1.17 bits per heavy atom. The molecule has 3 heterocycles. The van der Waals surface area contributed by atoms with Crippen molar-refractivity contribution >= 4 is 40.3 Å². The summed E-state index contributed by atoms with van der Waals surface area (Å²) in [5.74, 6) is -0.553. The average molecular weight is 423 g/mol. The lowest BCUT2D eigenvalue weighted by atomic mass is 9.90. The van der Waals surface area contributed by atoms with Gasteiger partial charge in [0.05, 0.1) is 0 Å². The van der Waals surface area contributed by atoms with E-state index in [1.807, 2.05) is 18.2 Å². The maximum absolute atomic E-state index is 13.3. The number of hydrogen-bond acceptors (Lipinski definition) is 3. The van der Waals surface area contributed by atoms with Crippen molar-refractivity contribution in [3.63, 3.8) is 0 Å². The molecule has 1 fully saturated rings. The lowest BCUT2D eigenvalue weighted by Crippen LogP contribution is -2.41. The van der Waals surface area contributed by atoms with Crippen molar-refractivity contribution in [2.45, 2.75) is 25.4 Å². The van der Waals surface area contributed by atoms with Crippen LogP contribution in [0.4, 0.5) is 4.79 Å². The number of hydrogen-bond donors (Lipinski definition) is 3. The van der Waals surface area contributed by atoms with Crippen molar-refractivity contribution < 1.29 is 14.4 Å². The van der Waals surface area contributed by atoms with Gasteiger partial charge in [-0.15, -0.1) is 0 Å². The number of H-pyrrole nitrogens is 1. The normalized spacial score (nSPS) is 20.8. The van der Waals surface area contributed by atoms with Crippen molar-refractivity contribution in [1.29, 1.82) is 0 Å². The molecule has 30 heavy (non-hydrogen) atoms. The second-order valence-electron chi connectivity index (χ2n) is 7.86. The summed E-state index contributed by atoms with van der Waals surface area (Å²) in [4.78, 5) is 42.3. The first kappa shape index (κ1) is 18.7. The number of fused-ring (bicyclic) bond motifs is 3. The molecule has 3 N–H and O–H groups in total. The molecule has 1 atom stereocenters. The summed E-state index contributed by atoms with van der Waals surface area (Å²) >= 11 is 6.17. The number of benzene rings is 2. The molecular weight excluding hydrogens is 404 g/mol.